The maximum atomic E-state index is 12.6. The van der Waals surface area contributed by atoms with Crippen molar-refractivity contribution in [2.45, 2.75) is 76.1 Å². The van der Waals surface area contributed by atoms with E-state index in [-0.39, 0.29) is 59.5 Å². The van der Waals surface area contributed by atoms with E-state index in [0.717, 1.165) is 25.7 Å². The third kappa shape index (κ3) is 3.38. The number of amides is 4. The van der Waals surface area contributed by atoms with Gasteiger partial charge in [-0.15, -0.1) is 0 Å². The smallest absolute Gasteiger partial charge is 0.233 e. The number of hydrogen-bond acceptors (Lipinski definition) is 6. The molecule has 5 aliphatic rings. The summed E-state index contributed by atoms with van der Waals surface area (Å²) in [6.07, 6.45) is 6.04. The molecular weight excluding hydrogens is 388 g/mol. The van der Waals surface area contributed by atoms with E-state index >= 15 is 0 Å². The Morgan fingerprint density at radius 2 is 1.13 bits per heavy atom. The summed E-state index contributed by atoms with van der Waals surface area (Å²) >= 11 is 0. The van der Waals surface area contributed by atoms with Gasteiger partial charge in [0.25, 0.3) is 0 Å². The van der Waals surface area contributed by atoms with Gasteiger partial charge in [-0.05, 0) is 44.9 Å². The third-order valence-corrected chi connectivity index (χ3v) is 7.81. The highest BCUT2D eigenvalue weighted by molar-refractivity contribution is 6.06. The molecule has 30 heavy (non-hydrogen) atoms. The van der Waals surface area contributed by atoms with Gasteiger partial charge in [-0.2, -0.15) is 0 Å². The lowest BCUT2D eigenvalue weighted by atomic mass is 9.80. The number of epoxide rings is 1. The normalized spacial score (nSPS) is 40.0. The molecule has 1 N–H and O–H groups in total. The van der Waals surface area contributed by atoms with Gasteiger partial charge in [0.15, 0.2) is 0 Å². The van der Waals surface area contributed by atoms with Crippen molar-refractivity contribution in [3.63, 3.8) is 0 Å². The van der Waals surface area contributed by atoms with Crippen LogP contribution in [0.1, 0.15) is 57.8 Å². The van der Waals surface area contributed by atoms with Gasteiger partial charge in [0.1, 0.15) is 0 Å². The second-order valence-corrected chi connectivity index (χ2v) is 9.65. The number of aliphatic hydroxyl groups is 1. The number of aliphatic hydroxyl groups excluding tert-OH is 1. The number of likely N-dealkylation sites (tertiary alicyclic amines) is 2. The lowest BCUT2D eigenvalue weighted by Gasteiger charge is -2.24. The molecular formula is C22H30N2O6. The molecule has 0 bridgehead atoms. The maximum absolute atomic E-state index is 12.6. The van der Waals surface area contributed by atoms with Crippen molar-refractivity contribution in [1.29, 1.82) is 0 Å². The van der Waals surface area contributed by atoms with E-state index in [4.69, 9.17) is 4.74 Å². The lowest BCUT2D eigenvalue weighted by molar-refractivity contribution is -0.141. The van der Waals surface area contributed by atoms with Crippen LogP contribution >= 0.6 is 0 Å². The molecule has 0 aromatic carbocycles. The molecule has 2 aliphatic carbocycles. The second kappa shape index (κ2) is 7.71. The zero-order chi connectivity index (χ0) is 21.0. The number of carbonyl (C=O) groups is 4. The Morgan fingerprint density at radius 1 is 0.667 bits per heavy atom. The SMILES string of the molecule is O=C1C2CCC(O)CC2C(=O)N1CCCCCCN1C(=O)C2CC3O[C@H]3CC2C1=O. The highest BCUT2D eigenvalue weighted by Crippen LogP contribution is 2.47. The Labute approximate surface area is 175 Å². The van der Waals surface area contributed by atoms with Crippen molar-refractivity contribution in [2.24, 2.45) is 23.7 Å². The fourth-order valence-electron chi connectivity index (χ4n) is 6.04. The summed E-state index contributed by atoms with van der Waals surface area (Å²) in [4.78, 5) is 53.0. The van der Waals surface area contributed by atoms with Crippen molar-refractivity contribution in [3.8, 4) is 0 Å². The van der Waals surface area contributed by atoms with Crippen molar-refractivity contribution in [3.05, 3.63) is 0 Å². The van der Waals surface area contributed by atoms with Gasteiger partial charge >= 0.3 is 0 Å². The molecule has 164 valence electrons. The van der Waals surface area contributed by atoms with Gasteiger partial charge in [-0.3, -0.25) is 29.0 Å². The zero-order valence-electron chi connectivity index (χ0n) is 17.2. The fourth-order valence-corrected chi connectivity index (χ4v) is 6.04. The average Bonchev–Trinajstić information content (AvgIpc) is 3.42. The van der Waals surface area contributed by atoms with Crippen molar-refractivity contribution in [2.75, 3.05) is 13.1 Å². The summed E-state index contributed by atoms with van der Waals surface area (Å²) in [6, 6.07) is 0. The number of ether oxygens (including phenoxy) is 1. The summed E-state index contributed by atoms with van der Waals surface area (Å²) in [5, 5.41) is 9.79. The van der Waals surface area contributed by atoms with E-state index in [1.54, 1.807) is 0 Å². The summed E-state index contributed by atoms with van der Waals surface area (Å²) in [5.41, 5.74) is 0. The Balaban J connectivity index is 1.03. The first-order chi connectivity index (χ1) is 14.5. The minimum atomic E-state index is -0.471. The van der Waals surface area contributed by atoms with Gasteiger partial charge in [0.2, 0.25) is 23.6 Å². The summed E-state index contributed by atoms with van der Waals surface area (Å²) in [7, 11) is 0. The molecule has 0 aromatic heterocycles. The molecule has 6 unspecified atom stereocenters. The average molecular weight is 418 g/mol. The molecule has 5 rings (SSSR count). The van der Waals surface area contributed by atoms with Crippen LogP contribution in [-0.2, 0) is 23.9 Å². The monoisotopic (exact) mass is 418 g/mol. The van der Waals surface area contributed by atoms with Crippen LogP contribution in [0.25, 0.3) is 0 Å². The van der Waals surface area contributed by atoms with E-state index < -0.39 is 6.10 Å². The predicted octanol–water partition coefficient (Wildman–Crippen LogP) is 0.855. The first-order valence-electron chi connectivity index (χ1n) is 11.5. The van der Waals surface area contributed by atoms with E-state index in [0.29, 0.717) is 45.2 Å². The zero-order valence-corrected chi connectivity index (χ0v) is 17.2. The minimum Gasteiger partial charge on any atom is -0.393 e. The molecule has 8 nitrogen and oxygen atoms in total. The standard InChI is InChI=1S/C22H30N2O6/c25-12-5-6-13-14(9-12)20(27)23(19(13)26)7-3-1-2-4-8-24-21(28)15-10-17-18(30-17)11-16(15)22(24)29/h12-18,25H,1-11H2/t12?,13?,14?,15?,16?,17-,18?/m0/s1. The van der Waals surface area contributed by atoms with Crippen LogP contribution in [0.5, 0.6) is 0 Å². The number of carbonyl (C=O) groups excluding carboxylic acids is 4. The molecule has 3 aliphatic heterocycles. The van der Waals surface area contributed by atoms with E-state index in [1.807, 2.05) is 0 Å². The van der Waals surface area contributed by atoms with Gasteiger partial charge < -0.3 is 9.84 Å². The Morgan fingerprint density at radius 3 is 1.67 bits per heavy atom. The van der Waals surface area contributed by atoms with Crippen molar-refractivity contribution < 1.29 is 29.0 Å². The van der Waals surface area contributed by atoms with Gasteiger partial charge in [0, 0.05) is 13.1 Å². The third-order valence-electron chi connectivity index (χ3n) is 7.81. The quantitative estimate of drug-likeness (QED) is 0.373. The topological polar surface area (TPSA) is 108 Å². The first kappa shape index (κ1) is 20.1. The molecule has 0 spiro atoms. The molecule has 2 saturated carbocycles. The van der Waals surface area contributed by atoms with E-state index in [1.165, 1.54) is 9.80 Å². The lowest BCUT2D eigenvalue weighted by Crippen LogP contribution is -2.32. The predicted molar refractivity (Wildman–Crippen MR) is 104 cm³/mol. The number of imide groups is 2. The van der Waals surface area contributed by atoms with Gasteiger partial charge in [-0.1, -0.05) is 12.8 Å². The van der Waals surface area contributed by atoms with Crippen LogP contribution in [0.15, 0.2) is 0 Å². The van der Waals surface area contributed by atoms with Crippen molar-refractivity contribution >= 4 is 23.6 Å². The molecule has 8 heteroatoms. The molecule has 4 amide bonds. The van der Waals surface area contributed by atoms with Gasteiger partial charge in [0.05, 0.1) is 42.0 Å². The summed E-state index contributed by atoms with van der Waals surface area (Å²) in [6.45, 7) is 0.889. The van der Waals surface area contributed by atoms with Gasteiger partial charge in [-0.25, -0.2) is 0 Å². The Bertz CT molecular complexity index is 710. The molecule has 0 radical (unpaired) electrons. The first-order valence-corrected chi connectivity index (χ1v) is 11.5. The largest absolute Gasteiger partial charge is 0.393 e. The molecule has 7 atom stereocenters. The van der Waals surface area contributed by atoms with Crippen molar-refractivity contribution in [1.82, 2.24) is 9.80 Å². The van der Waals surface area contributed by atoms with E-state index in [2.05, 4.69) is 0 Å². The van der Waals surface area contributed by atoms with Crippen LogP contribution in [0.2, 0.25) is 0 Å². The number of nitrogens with zero attached hydrogens (tertiary/aromatic N) is 2. The summed E-state index contributed by atoms with van der Waals surface area (Å²) in [5.74, 6) is -1.21. The fraction of sp³-hybridized carbons (Fsp3) is 0.818. The Hall–Kier alpha value is -1.80. The molecule has 3 heterocycles. The number of fused-ring (bicyclic) bond motifs is 3. The maximum Gasteiger partial charge on any atom is 0.233 e. The van der Waals surface area contributed by atoms with E-state index in [9.17, 15) is 24.3 Å². The van der Waals surface area contributed by atoms with Crippen LogP contribution in [-0.4, -0.2) is 69.9 Å². The summed E-state index contributed by atoms with van der Waals surface area (Å²) < 4.78 is 5.48. The second-order valence-electron chi connectivity index (χ2n) is 9.65. The Kier molecular flexibility index (Phi) is 5.17. The number of rotatable bonds is 7. The van der Waals surface area contributed by atoms with Crippen LogP contribution in [0.3, 0.4) is 0 Å². The number of hydrogen-bond donors (Lipinski definition) is 1. The highest BCUT2D eigenvalue weighted by Gasteiger charge is 2.58. The number of unbranched alkanes of at least 4 members (excludes halogenated alkanes) is 3. The highest BCUT2D eigenvalue weighted by atomic mass is 16.6. The van der Waals surface area contributed by atoms with Crippen LogP contribution in [0.4, 0.5) is 0 Å². The molecule has 5 fully saturated rings. The van der Waals surface area contributed by atoms with Crippen LogP contribution < -0.4 is 0 Å². The minimum absolute atomic E-state index is 0.0306. The molecule has 3 saturated heterocycles. The molecule has 0 aromatic rings. The van der Waals surface area contributed by atoms with Crippen LogP contribution in [0, 0.1) is 23.7 Å².